The van der Waals surface area contributed by atoms with Crippen molar-refractivity contribution < 1.29 is 4.74 Å². The largest absolute Gasteiger partial charge is 0.378 e. The van der Waals surface area contributed by atoms with Gasteiger partial charge in [0.2, 0.25) is 5.95 Å². The Morgan fingerprint density at radius 2 is 2.00 bits per heavy atom. The summed E-state index contributed by atoms with van der Waals surface area (Å²) in [5, 5.41) is 7.26. The minimum atomic E-state index is -0.148. The molecule has 1 saturated carbocycles. The predicted molar refractivity (Wildman–Crippen MR) is 136 cm³/mol. The van der Waals surface area contributed by atoms with Crippen LogP contribution in [0.15, 0.2) is 29.1 Å². The van der Waals surface area contributed by atoms with E-state index in [4.69, 9.17) is 9.72 Å². The van der Waals surface area contributed by atoms with E-state index in [-0.39, 0.29) is 5.56 Å². The van der Waals surface area contributed by atoms with E-state index in [0.717, 1.165) is 51.4 Å². The summed E-state index contributed by atoms with van der Waals surface area (Å²) in [5.41, 5.74) is 4.36. The van der Waals surface area contributed by atoms with E-state index in [9.17, 15) is 4.79 Å². The first kappa shape index (κ1) is 22.9. The molecule has 0 amide bonds. The van der Waals surface area contributed by atoms with Crippen LogP contribution in [0.3, 0.4) is 0 Å². The SMILES string of the molecule is CCCc1n[nH]c2c(=O)[nH]c(N(Cc3cccc(N4CCOCC4)c3)CC3CCCCC3)nc12. The Kier molecular flexibility index (Phi) is 7.13. The molecule has 3 aromatic rings. The quantitative estimate of drug-likeness (QED) is 0.523. The highest BCUT2D eigenvalue weighted by atomic mass is 16.5. The number of aromatic amines is 2. The maximum Gasteiger partial charge on any atom is 0.278 e. The Morgan fingerprint density at radius 3 is 2.79 bits per heavy atom. The smallest absolute Gasteiger partial charge is 0.278 e. The average molecular weight is 465 g/mol. The zero-order valence-corrected chi connectivity index (χ0v) is 20.2. The van der Waals surface area contributed by atoms with Gasteiger partial charge in [-0.1, -0.05) is 44.7 Å². The molecule has 0 spiro atoms. The number of rotatable bonds is 8. The molecule has 5 rings (SSSR count). The van der Waals surface area contributed by atoms with Crippen LogP contribution in [0.5, 0.6) is 0 Å². The summed E-state index contributed by atoms with van der Waals surface area (Å²) in [6.07, 6.45) is 8.15. The van der Waals surface area contributed by atoms with Crippen LogP contribution in [-0.4, -0.2) is 53.0 Å². The third-order valence-corrected chi connectivity index (χ3v) is 7.13. The molecular weight excluding hydrogens is 428 g/mol. The van der Waals surface area contributed by atoms with E-state index in [1.54, 1.807) is 0 Å². The molecule has 0 bridgehead atoms. The summed E-state index contributed by atoms with van der Waals surface area (Å²) in [4.78, 5) is 25.6. The summed E-state index contributed by atoms with van der Waals surface area (Å²) in [6, 6.07) is 8.76. The van der Waals surface area contributed by atoms with Gasteiger partial charge in [-0.05, 0) is 42.9 Å². The van der Waals surface area contributed by atoms with Gasteiger partial charge >= 0.3 is 0 Å². The lowest BCUT2D eigenvalue weighted by atomic mass is 9.89. The van der Waals surface area contributed by atoms with Crippen LogP contribution in [-0.2, 0) is 17.7 Å². The Balaban J connectivity index is 1.46. The van der Waals surface area contributed by atoms with E-state index in [2.05, 4.69) is 56.2 Å². The summed E-state index contributed by atoms with van der Waals surface area (Å²) in [7, 11) is 0. The molecule has 8 nitrogen and oxygen atoms in total. The normalized spacial score (nSPS) is 17.4. The number of hydrogen-bond donors (Lipinski definition) is 2. The molecule has 34 heavy (non-hydrogen) atoms. The molecule has 0 unspecified atom stereocenters. The Bertz CT molecular complexity index is 1140. The van der Waals surface area contributed by atoms with Gasteiger partial charge in [0.15, 0.2) is 0 Å². The molecule has 182 valence electrons. The van der Waals surface area contributed by atoms with Crippen LogP contribution >= 0.6 is 0 Å². The van der Waals surface area contributed by atoms with Crippen LogP contribution in [0.2, 0.25) is 0 Å². The summed E-state index contributed by atoms with van der Waals surface area (Å²) < 4.78 is 5.53. The van der Waals surface area contributed by atoms with Crippen molar-refractivity contribution in [3.05, 3.63) is 45.9 Å². The first-order chi connectivity index (χ1) is 16.7. The second-order valence-electron chi connectivity index (χ2n) is 9.69. The maximum absolute atomic E-state index is 12.9. The fourth-order valence-corrected chi connectivity index (χ4v) is 5.31. The fourth-order valence-electron chi connectivity index (χ4n) is 5.31. The van der Waals surface area contributed by atoms with Crippen LogP contribution in [0.1, 0.15) is 56.7 Å². The highest BCUT2D eigenvalue weighted by Crippen LogP contribution is 2.27. The topological polar surface area (TPSA) is 90.1 Å². The second kappa shape index (κ2) is 10.6. The number of anilines is 2. The summed E-state index contributed by atoms with van der Waals surface area (Å²) in [5.74, 6) is 1.27. The van der Waals surface area contributed by atoms with E-state index < -0.39 is 0 Å². The van der Waals surface area contributed by atoms with E-state index in [1.807, 2.05) is 0 Å². The molecule has 1 aliphatic heterocycles. The van der Waals surface area contributed by atoms with E-state index in [0.29, 0.717) is 29.4 Å². The zero-order valence-electron chi connectivity index (χ0n) is 20.2. The number of hydrogen-bond acceptors (Lipinski definition) is 6. The van der Waals surface area contributed by atoms with Crippen molar-refractivity contribution in [2.45, 2.75) is 58.4 Å². The molecule has 1 aliphatic carbocycles. The molecule has 1 saturated heterocycles. The molecule has 2 aliphatic rings. The van der Waals surface area contributed by atoms with Crippen molar-refractivity contribution in [3.63, 3.8) is 0 Å². The van der Waals surface area contributed by atoms with Gasteiger partial charge in [0.25, 0.3) is 5.56 Å². The number of H-pyrrole nitrogens is 2. The summed E-state index contributed by atoms with van der Waals surface area (Å²) >= 11 is 0. The highest BCUT2D eigenvalue weighted by molar-refractivity contribution is 5.77. The first-order valence-corrected chi connectivity index (χ1v) is 12.8. The van der Waals surface area contributed by atoms with Gasteiger partial charge in [0.05, 0.1) is 18.9 Å². The lowest BCUT2D eigenvalue weighted by molar-refractivity contribution is 0.122. The van der Waals surface area contributed by atoms with Gasteiger partial charge in [-0.15, -0.1) is 0 Å². The van der Waals surface area contributed by atoms with Crippen molar-refractivity contribution >= 4 is 22.7 Å². The number of fused-ring (bicyclic) bond motifs is 1. The number of nitrogens with zero attached hydrogens (tertiary/aromatic N) is 4. The molecule has 1 aromatic carbocycles. The van der Waals surface area contributed by atoms with Crippen LogP contribution in [0.25, 0.3) is 11.0 Å². The van der Waals surface area contributed by atoms with Crippen molar-refractivity contribution in [1.29, 1.82) is 0 Å². The lowest BCUT2D eigenvalue weighted by Gasteiger charge is -2.31. The molecule has 0 atom stereocenters. The minimum Gasteiger partial charge on any atom is -0.378 e. The molecular formula is C26H36N6O2. The molecule has 2 N–H and O–H groups in total. The lowest BCUT2D eigenvalue weighted by Crippen LogP contribution is -2.36. The standard InChI is InChI=1S/C26H36N6O2/c1-2-7-22-23-24(30-29-22)25(33)28-26(27-23)32(17-19-8-4-3-5-9-19)18-20-10-6-11-21(16-20)31-12-14-34-15-13-31/h6,10-11,16,19H,2-5,7-9,12-15,17-18H2,1H3,(H,29,30)(H,27,28,33). The molecule has 8 heteroatoms. The third-order valence-electron chi connectivity index (χ3n) is 7.13. The highest BCUT2D eigenvalue weighted by Gasteiger charge is 2.22. The number of morpholine rings is 1. The number of benzene rings is 1. The molecule has 2 aromatic heterocycles. The Morgan fingerprint density at radius 1 is 1.18 bits per heavy atom. The van der Waals surface area contributed by atoms with Crippen molar-refractivity contribution in [2.24, 2.45) is 5.92 Å². The van der Waals surface area contributed by atoms with Crippen LogP contribution in [0.4, 0.5) is 11.6 Å². The van der Waals surface area contributed by atoms with Gasteiger partial charge in [0, 0.05) is 31.9 Å². The van der Waals surface area contributed by atoms with Crippen molar-refractivity contribution in [2.75, 3.05) is 42.6 Å². The average Bonchev–Trinajstić information content (AvgIpc) is 3.29. The number of ether oxygens (including phenoxy) is 1. The molecule has 3 heterocycles. The second-order valence-corrected chi connectivity index (χ2v) is 9.69. The molecule has 0 radical (unpaired) electrons. The summed E-state index contributed by atoms with van der Waals surface area (Å²) in [6.45, 7) is 7.11. The number of aryl methyl sites for hydroxylation is 1. The van der Waals surface area contributed by atoms with Gasteiger partial charge in [-0.3, -0.25) is 14.9 Å². The van der Waals surface area contributed by atoms with Crippen LogP contribution < -0.4 is 15.4 Å². The third kappa shape index (κ3) is 5.12. The Labute approximate surface area is 200 Å². The van der Waals surface area contributed by atoms with Gasteiger partial charge < -0.3 is 14.5 Å². The van der Waals surface area contributed by atoms with E-state index in [1.165, 1.54) is 43.4 Å². The minimum absolute atomic E-state index is 0.148. The van der Waals surface area contributed by atoms with Crippen molar-refractivity contribution in [3.8, 4) is 0 Å². The van der Waals surface area contributed by atoms with Gasteiger partial charge in [-0.2, -0.15) is 5.10 Å². The fraction of sp³-hybridized carbons (Fsp3) is 0.577. The van der Waals surface area contributed by atoms with Gasteiger partial charge in [0.1, 0.15) is 11.0 Å². The number of aromatic nitrogens is 4. The first-order valence-electron chi connectivity index (χ1n) is 12.8. The number of nitrogens with one attached hydrogen (secondary N) is 2. The monoisotopic (exact) mass is 464 g/mol. The van der Waals surface area contributed by atoms with Crippen molar-refractivity contribution in [1.82, 2.24) is 20.2 Å². The van der Waals surface area contributed by atoms with Crippen LogP contribution in [0, 0.1) is 5.92 Å². The maximum atomic E-state index is 12.9. The predicted octanol–water partition coefficient (Wildman–Crippen LogP) is 4.02. The Hall–Kier alpha value is -2.87. The zero-order chi connectivity index (χ0) is 23.3. The van der Waals surface area contributed by atoms with E-state index >= 15 is 0 Å². The van der Waals surface area contributed by atoms with Gasteiger partial charge in [-0.25, -0.2) is 4.98 Å². The molecule has 2 fully saturated rings.